The molecule has 0 bridgehead atoms. The summed E-state index contributed by atoms with van der Waals surface area (Å²) in [5.41, 5.74) is 2.75. The summed E-state index contributed by atoms with van der Waals surface area (Å²) in [4.78, 5) is 9.57. The van der Waals surface area contributed by atoms with Crippen LogP contribution in [0.5, 0.6) is 11.5 Å². The standard InChI is InChI=1S/C18H16ClN3O4/c1-10(14-7-15(19)17(24)16(23)8-14)21-25-9-12-4-3-5-13(6-12)18-20-11(2)26-22-18/h3-8,23-24H,9H2,1-2H3/b21-10+. The lowest BCUT2D eigenvalue weighted by molar-refractivity contribution is 0.130. The fourth-order valence-corrected chi connectivity index (χ4v) is 2.48. The monoisotopic (exact) mass is 373 g/mol. The maximum absolute atomic E-state index is 9.62. The van der Waals surface area contributed by atoms with Gasteiger partial charge in [0.1, 0.15) is 6.61 Å². The number of phenols is 2. The van der Waals surface area contributed by atoms with E-state index < -0.39 is 0 Å². The molecule has 0 radical (unpaired) electrons. The maximum atomic E-state index is 9.62. The van der Waals surface area contributed by atoms with Crippen molar-refractivity contribution in [1.82, 2.24) is 10.1 Å². The van der Waals surface area contributed by atoms with Crippen LogP contribution < -0.4 is 0 Å². The zero-order valence-electron chi connectivity index (χ0n) is 14.1. The number of phenolic OH excluding ortho intramolecular Hbond substituents is 2. The summed E-state index contributed by atoms with van der Waals surface area (Å²) in [6, 6.07) is 10.4. The molecule has 0 amide bonds. The maximum Gasteiger partial charge on any atom is 0.223 e. The summed E-state index contributed by atoms with van der Waals surface area (Å²) in [5.74, 6) is 0.332. The van der Waals surface area contributed by atoms with Gasteiger partial charge in [0.15, 0.2) is 11.5 Å². The van der Waals surface area contributed by atoms with Crippen molar-refractivity contribution in [1.29, 1.82) is 0 Å². The molecule has 0 saturated heterocycles. The first kappa shape index (κ1) is 17.8. The second-order valence-corrected chi connectivity index (χ2v) is 6.02. The van der Waals surface area contributed by atoms with Crippen molar-refractivity contribution >= 4 is 17.3 Å². The molecule has 3 rings (SSSR count). The molecule has 0 aliphatic carbocycles. The second-order valence-electron chi connectivity index (χ2n) is 5.61. The normalized spacial score (nSPS) is 11.6. The smallest absolute Gasteiger partial charge is 0.223 e. The Morgan fingerprint density at radius 2 is 2.08 bits per heavy atom. The van der Waals surface area contributed by atoms with Crippen LogP contribution in [0.2, 0.25) is 5.02 Å². The van der Waals surface area contributed by atoms with Crippen LogP contribution in [0.4, 0.5) is 0 Å². The topological polar surface area (TPSA) is 101 Å². The van der Waals surface area contributed by atoms with Crippen molar-refractivity contribution < 1.29 is 19.6 Å². The van der Waals surface area contributed by atoms with Crippen molar-refractivity contribution in [3.05, 3.63) is 58.4 Å². The summed E-state index contributed by atoms with van der Waals surface area (Å²) in [6.45, 7) is 3.68. The highest BCUT2D eigenvalue weighted by Gasteiger charge is 2.10. The van der Waals surface area contributed by atoms with E-state index >= 15 is 0 Å². The first-order valence-electron chi connectivity index (χ1n) is 7.72. The molecule has 3 aromatic rings. The molecule has 2 N–H and O–H groups in total. The molecule has 0 saturated carbocycles. The molecule has 1 heterocycles. The molecule has 0 aliphatic rings. The first-order valence-corrected chi connectivity index (χ1v) is 8.10. The van der Waals surface area contributed by atoms with Crippen LogP contribution in [0.15, 0.2) is 46.1 Å². The Bertz CT molecular complexity index is 946. The number of oxime groups is 1. The Morgan fingerprint density at radius 3 is 2.77 bits per heavy atom. The van der Waals surface area contributed by atoms with Gasteiger partial charge in [0.05, 0.1) is 10.7 Å². The Labute approximate surface area is 154 Å². The van der Waals surface area contributed by atoms with E-state index in [1.165, 1.54) is 12.1 Å². The van der Waals surface area contributed by atoms with Crippen LogP contribution in [0.3, 0.4) is 0 Å². The van der Waals surface area contributed by atoms with Gasteiger partial charge in [-0.2, -0.15) is 4.98 Å². The number of aromatic hydroxyl groups is 2. The van der Waals surface area contributed by atoms with Crippen molar-refractivity contribution in [3.63, 3.8) is 0 Å². The predicted octanol–water partition coefficient (Wildman–Crippen LogP) is 4.05. The summed E-state index contributed by atoms with van der Waals surface area (Å²) < 4.78 is 4.98. The van der Waals surface area contributed by atoms with Crippen molar-refractivity contribution in [2.24, 2.45) is 5.16 Å². The lowest BCUT2D eigenvalue weighted by atomic mass is 10.1. The molecular formula is C18H16ClN3O4. The molecular weight excluding hydrogens is 358 g/mol. The Hall–Kier alpha value is -3.06. The van der Waals surface area contributed by atoms with Gasteiger partial charge in [-0.25, -0.2) is 0 Å². The molecule has 26 heavy (non-hydrogen) atoms. The number of hydrogen-bond donors (Lipinski definition) is 2. The van der Waals surface area contributed by atoms with E-state index in [0.29, 0.717) is 23.0 Å². The van der Waals surface area contributed by atoms with Gasteiger partial charge < -0.3 is 19.6 Å². The van der Waals surface area contributed by atoms with Gasteiger partial charge in [-0.15, -0.1) is 0 Å². The molecule has 2 aromatic carbocycles. The average Bonchev–Trinajstić information content (AvgIpc) is 3.06. The van der Waals surface area contributed by atoms with Gasteiger partial charge in [-0.3, -0.25) is 0 Å². The molecule has 0 fully saturated rings. The highest BCUT2D eigenvalue weighted by molar-refractivity contribution is 6.32. The van der Waals surface area contributed by atoms with Gasteiger partial charge in [-0.05, 0) is 30.7 Å². The number of halogens is 1. The molecule has 1 aromatic heterocycles. The second kappa shape index (κ2) is 7.45. The van der Waals surface area contributed by atoms with Crippen molar-refractivity contribution in [2.75, 3.05) is 0 Å². The number of aryl methyl sites for hydroxylation is 1. The SMILES string of the molecule is C/C(=N\OCc1cccc(-c2noc(C)n2)c1)c1cc(O)c(O)c(Cl)c1. The lowest BCUT2D eigenvalue weighted by Crippen LogP contribution is -1.97. The van der Waals surface area contributed by atoms with E-state index in [9.17, 15) is 10.2 Å². The van der Waals surface area contributed by atoms with Crippen LogP contribution >= 0.6 is 11.6 Å². The third-order valence-electron chi connectivity index (χ3n) is 3.61. The predicted molar refractivity (Wildman–Crippen MR) is 96.3 cm³/mol. The third-order valence-corrected chi connectivity index (χ3v) is 3.89. The molecule has 0 aliphatic heterocycles. The van der Waals surface area contributed by atoms with Crippen LogP contribution in [-0.4, -0.2) is 26.1 Å². The van der Waals surface area contributed by atoms with Gasteiger partial charge >= 0.3 is 0 Å². The summed E-state index contributed by atoms with van der Waals surface area (Å²) in [5, 5.41) is 27.1. The molecule has 0 spiro atoms. The first-order chi connectivity index (χ1) is 12.4. The molecule has 8 heteroatoms. The molecule has 0 atom stereocenters. The zero-order valence-corrected chi connectivity index (χ0v) is 14.9. The number of hydrogen-bond acceptors (Lipinski definition) is 7. The van der Waals surface area contributed by atoms with E-state index in [0.717, 1.165) is 11.1 Å². The number of aromatic nitrogens is 2. The number of benzene rings is 2. The van der Waals surface area contributed by atoms with E-state index in [-0.39, 0.29) is 23.1 Å². The van der Waals surface area contributed by atoms with Crippen LogP contribution in [-0.2, 0) is 11.4 Å². The fraction of sp³-hybridized carbons (Fsp3) is 0.167. The van der Waals surface area contributed by atoms with E-state index in [2.05, 4.69) is 15.3 Å². The minimum Gasteiger partial charge on any atom is -0.504 e. The molecule has 134 valence electrons. The van der Waals surface area contributed by atoms with Gasteiger partial charge in [0, 0.05) is 18.1 Å². The van der Waals surface area contributed by atoms with E-state index in [1.54, 1.807) is 13.8 Å². The Balaban J connectivity index is 1.70. The largest absolute Gasteiger partial charge is 0.504 e. The summed E-state index contributed by atoms with van der Waals surface area (Å²) >= 11 is 5.85. The van der Waals surface area contributed by atoms with E-state index in [4.69, 9.17) is 21.0 Å². The van der Waals surface area contributed by atoms with Gasteiger partial charge in [0.25, 0.3) is 0 Å². The quantitative estimate of drug-likeness (QED) is 0.397. The van der Waals surface area contributed by atoms with E-state index in [1.807, 2.05) is 24.3 Å². The zero-order chi connectivity index (χ0) is 18.7. The van der Waals surface area contributed by atoms with Crippen molar-refractivity contribution in [3.8, 4) is 22.9 Å². The Morgan fingerprint density at radius 1 is 1.27 bits per heavy atom. The van der Waals surface area contributed by atoms with Crippen LogP contribution in [0.25, 0.3) is 11.4 Å². The number of nitrogens with zero attached hydrogens (tertiary/aromatic N) is 3. The minimum absolute atomic E-state index is 0.0395. The molecule has 7 nitrogen and oxygen atoms in total. The third kappa shape index (κ3) is 3.94. The summed E-state index contributed by atoms with van der Waals surface area (Å²) in [6.07, 6.45) is 0. The van der Waals surface area contributed by atoms with Gasteiger partial charge in [-0.1, -0.05) is 40.1 Å². The van der Waals surface area contributed by atoms with Crippen LogP contribution in [0.1, 0.15) is 23.9 Å². The lowest BCUT2D eigenvalue weighted by Gasteiger charge is -2.06. The molecule has 0 unspecified atom stereocenters. The highest BCUT2D eigenvalue weighted by atomic mass is 35.5. The van der Waals surface area contributed by atoms with Gasteiger partial charge in [0.2, 0.25) is 11.7 Å². The van der Waals surface area contributed by atoms with Crippen LogP contribution in [0, 0.1) is 6.92 Å². The van der Waals surface area contributed by atoms with Crippen molar-refractivity contribution in [2.45, 2.75) is 20.5 Å². The number of rotatable bonds is 5. The summed E-state index contributed by atoms with van der Waals surface area (Å²) in [7, 11) is 0. The highest BCUT2D eigenvalue weighted by Crippen LogP contribution is 2.34. The minimum atomic E-state index is -0.363. The Kier molecular flexibility index (Phi) is 5.09. The average molecular weight is 374 g/mol. The fourth-order valence-electron chi connectivity index (χ4n) is 2.27.